The number of phenols is 1. The van der Waals surface area contributed by atoms with Crippen molar-refractivity contribution in [2.75, 3.05) is 4.90 Å². The Labute approximate surface area is 120 Å². The number of amides is 3. The van der Waals surface area contributed by atoms with Crippen LogP contribution in [0.25, 0.3) is 0 Å². The maximum absolute atomic E-state index is 11.8. The molecule has 0 radical (unpaired) electrons. The van der Waals surface area contributed by atoms with E-state index in [1.54, 1.807) is 19.1 Å². The number of halogens is 2. The number of benzene rings is 1. The van der Waals surface area contributed by atoms with Crippen LogP contribution in [0, 0.1) is 0 Å². The third kappa shape index (κ3) is 2.37. The van der Waals surface area contributed by atoms with E-state index in [0.717, 1.165) is 0 Å². The molecule has 7 heteroatoms. The zero-order valence-corrected chi connectivity index (χ0v) is 12.6. The molecular formula is C11H10Br2N2O3. The first-order chi connectivity index (χ1) is 8.40. The number of aromatic hydroxyl groups is 1. The van der Waals surface area contributed by atoms with E-state index in [-0.39, 0.29) is 24.1 Å². The summed E-state index contributed by atoms with van der Waals surface area (Å²) in [7, 11) is 0. The molecular weight excluding hydrogens is 368 g/mol. The number of hydrogen-bond donors (Lipinski definition) is 2. The number of nitrogens with one attached hydrogen (secondary N) is 1. The second-order valence-electron chi connectivity index (χ2n) is 4.03. The van der Waals surface area contributed by atoms with Gasteiger partial charge < -0.3 is 5.11 Å². The van der Waals surface area contributed by atoms with Crippen LogP contribution in [-0.2, 0) is 4.79 Å². The van der Waals surface area contributed by atoms with E-state index >= 15 is 0 Å². The van der Waals surface area contributed by atoms with Crippen LogP contribution >= 0.6 is 31.9 Å². The number of carbonyl (C=O) groups excluding carboxylic acids is 2. The molecule has 1 aromatic carbocycles. The number of hydrogen-bond acceptors (Lipinski definition) is 3. The molecule has 0 aliphatic carbocycles. The van der Waals surface area contributed by atoms with Crippen LogP contribution in [0.5, 0.6) is 5.75 Å². The highest BCUT2D eigenvalue weighted by Gasteiger charge is 2.31. The molecule has 0 aromatic heterocycles. The Bertz CT molecular complexity index is 510. The predicted octanol–water partition coefficient (Wildman–Crippen LogP) is 2.75. The monoisotopic (exact) mass is 376 g/mol. The van der Waals surface area contributed by atoms with Gasteiger partial charge in [-0.2, -0.15) is 0 Å². The van der Waals surface area contributed by atoms with Gasteiger partial charge in [0.15, 0.2) is 0 Å². The zero-order chi connectivity index (χ0) is 13.4. The Morgan fingerprint density at radius 3 is 2.39 bits per heavy atom. The first kappa shape index (κ1) is 13.4. The first-order valence-corrected chi connectivity index (χ1v) is 6.80. The van der Waals surface area contributed by atoms with Gasteiger partial charge in [0.05, 0.1) is 8.95 Å². The lowest BCUT2D eigenvalue weighted by Gasteiger charge is -2.33. The van der Waals surface area contributed by atoms with Crippen molar-refractivity contribution >= 4 is 49.5 Å². The summed E-state index contributed by atoms with van der Waals surface area (Å²) in [6.45, 7) is 1.80. The lowest BCUT2D eigenvalue weighted by Crippen LogP contribution is -2.54. The van der Waals surface area contributed by atoms with Crippen LogP contribution in [0.15, 0.2) is 21.1 Å². The first-order valence-electron chi connectivity index (χ1n) is 5.21. The minimum atomic E-state index is -0.455. The van der Waals surface area contributed by atoms with E-state index in [2.05, 4.69) is 37.2 Å². The van der Waals surface area contributed by atoms with Crippen molar-refractivity contribution in [1.82, 2.24) is 5.32 Å². The second kappa shape index (κ2) is 4.89. The number of phenolic OH excluding ortho intramolecular Hbond substituents is 1. The van der Waals surface area contributed by atoms with Crippen molar-refractivity contribution in [3.8, 4) is 5.75 Å². The standard InChI is InChI=1S/C11H10Br2N2O3/c1-5-2-9(16)14-11(18)15(5)6-3-7(12)10(17)8(13)4-6/h3-5,17H,2H2,1H3,(H,14,16,18)/t5-/m1/s1. The van der Waals surface area contributed by atoms with Crippen LogP contribution in [0.4, 0.5) is 10.5 Å². The van der Waals surface area contributed by atoms with Crippen LogP contribution in [0.2, 0.25) is 0 Å². The summed E-state index contributed by atoms with van der Waals surface area (Å²) in [6.07, 6.45) is 0.252. The van der Waals surface area contributed by atoms with Gasteiger partial charge in [-0.15, -0.1) is 0 Å². The molecule has 0 spiro atoms. The summed E-state index contributed by atoms with van der Waals surface area (Å²) in [5.74, 6) is -0.208. The Hall–Kier alpha value is -1.08. The fourth-order valence-corrected chi connectivity index (χ4v) is 3.02. The van der Waals surface area contributed by atoms with Gasteiger partial charge in [0.2, 0.25) is 5.91 Å². The molecule has 1 atom stereocenters. The van der Waals surface area contributed by atoms with Gasteiger partial charge in [0.1, 0.15) is 5.75 Å². The number of nitrogens with zero attached hydrogens (tertiary/aromatic N) is 1. The summed E-state index contributed by atoms with van der Waals surface area (Å²) >= 11 is 6.42. The van der Waals surface area contributed by atoms with Crippen molar-refractivity contribution in [2.45, 2.75) is 19.4 Å². The summed E-state index contributed by atoms with van der Waals surface area (Å²) in [5.41, 5.74) is 0.601. The molecule has 1 aromatic rings. The average molecular weight is 378 g/mol. The van der Waals surface area contributed by atoms with Gasteiger partial charge in [-0.1, -0.05) is 0 Å². The number of anilines is 1. The largest absolute Gasteiger partial charge is 0.506 e. The number of urea groups is 1. The number of rotatable bonds is 1. The quantitative estimate of drug-likeness (QED) is 0.790. The smallest absolute Gasteiger partial charge is 0.328 e. The van der Waals surface area contributed by atoms with Crippen LogP contribution in [0.3, 0.4) is 0 Å². The van der Waals surface area contributed by atoms with Crippen molar-refractivity contribution in [3.63, 3.8) is 0 Å². The molecule has 1 heterocycles. The zero-order valence-electron chi connectivity index (χ0n) is 9.41. The van der Waals surface area contributed by atoms with Crippen LogP contribution < -0.4 is 10.2 Å². The summed E-state index contributed by atoms with van der Waals surface area (Å²) in [5, 5.41) is 11.9. The lowest BCUT2D eigenvalue weighted by atomic mass is 10.1. The van der Waals surface area contributed by atoms with Crippen molar-refractivity contribution in [3.05, 3.63) is 21.1 Å². The third-order valence-electron chi connectivity index (χ3n) is 2.67. The van der Waals surface area contributed by atoms with E-state index in [0.29, 0.717) is 14.6 Å². The van der Waals surface area contributed by atoms with E-state index < -0.39 is 6.03 Å². The fraction of sp³-hybridized carbons (Fsp3) is 0.273. The Kier molecular flexibility index (Phi) is 3.63. The van der Waals surface area contributed by atoms with Gasteiger partial charge >= 0.3 is 6.03 Å². The minimum absolute atomic E-state index is 0.0693. The SMILES string of the molecule is C[C@@H]1CC(=O)NC(=O)N1c1cc(Br)c(O)c(Br)c1. The number of carbonyl (C=O) groups is 2. The molecule has 18 heavy (non-hydrogen) atoms. The third-order valence-corrected chi connectivity index (χ3v) is 3.88. The molecule has 1 saturated heterocycles. The van der Waals surface area contributed by atoms with Crippen molar-refractivity contribution in [2.24, 2.45) is 0 Å². The van der Waals surface area contributed by atoms with Crippen LogP contribution in [0.1, 0.15) is 13.3 Å². The Morgan fingerprint density at radius 1 is 1.33 bits per heavy atom. The average Bonchev–Trinajstić information content (AvgIpc) is 2.24. The highest BCUT2D eigenvalue weighted by molar-refractivity contribution is 9.11. The molecule has 0 saturated carbocycles. The normalized spacial score (nSPS) is 19.9. The minimum Gasteiger partial charge on any atom is -0.506 e. The van der Waals surface area contributed by atoms with Crippen LogP contribution in [-0.4, -0.2) is 23.1 Å². The topological polar surface area (TPSA) is 69.6 Å². The predicted molar refractivity (Wildman–Crippen MR) is 73.6 cm³/mol. The highest BCUT2D eigenvalue weighted by atomic mass is 79.9. The number of imide groups is 1. The maximum atomic E-state index is 11.8. The molecule has 96 valence electrons. The molecule has 2 N–H and O–H groups in total. The van der Waals surface area contributed by atoms with E-state index in [1.807, 2.05) is 0 Å². The summed E-state index contributed by atoms with van der Waals surface area (Å²) < 4.78 is 0.951. The molecule has 1 fully saturated rings. The fourth-order valence-electron chi connectivity index (χ4n) is 1.85. The van der Waals surface area contributed by atoms with Gasteiger partial charge in [0.25, 0.3) is 0 Å². The molecule has 1 aliphatic heterocycles. The lowest BCUT2D eigenvalue weighted by molar-refractivity contribution is -0.120. The molecule has 1 aliphatic rings. The molecule has 0 bridgehead atoms. The van der Waals surface area contributed by atoms with Gasteiger partial charge in [-0.05, 0) is 50.9 Å². The highest BCUT2D eigenvalue weighted by Crippen LogP contribution is 2.37. The van der Waals surface area contributed by atoms with E-state index in [4.69, 9.17) is 0 Å². The Morgan fingerprint density at radius 2 is 1.89 bits per heavy atom. The second-order valence-corrected chi connectivity index (χ2v) is 5.74. The van der Waals surface area contributed by atoms with Crippen molar-refractivity contribution < 1.29 is 14.7 Å². The molecule has 0 unspecified atom stereocenters. The van der Waals surface area contributed by atoms with Gasteiger partial charge in [-0.3, -0.25) is 15.0 Å². The summed E-state index contributed by atoms with van der Waals surface area (Å²) in [6, 6.07) is 2.58. The van der Waals surface area contributed by atoms with E-state index in [1.165, 1.54) is 4.90 Å². The molecule has 5 nitrogen and oxygen atoms in total. The summed E-state index contributed by atoms with van der Waals surface area (Å²) in [4.78, 5) is 24.5. The maximum Gasteiger partial charge on any atom is 0.328 e. The Balaban J connectivity index is 2.42. The van der Waals surface area contributed by atoms with Gasteiger partial charge in [0, 0.05) is 18.2 Å². The van der Waals surface area contributed by atoms with E-state index in [9.17, 15) is 14.7 Å². The molecule has 3 amide bonds. The van der Waals surface area contributed by atoms with Crippen molar-refractivity contribution in [1.29, 1.82) is 0 Å². The molecule has 2 rings (SSSR count). The van der Waals surface area contributed by atoms with Gasteiger partial charge in [-0.25, -0.2) is 4.79 Å².